The lowest BCUT2D eigenvalue weighted by Crippen LogP contribution is -2.19. The van der Waals surface area contributed by atoms with Gasteiger partial charge in [0.05, 0.1) is 11.8 Å². The Balaban J connectivity index is 3.22. The summed E-state index contributed by atoms with van der Waals surface area (Å²) < 4.78 is 13.5. The smallest absolute Gasteiger partial charge is 0.146 e. The Kier molecular flexibility index (Phi) is 3.47. The molecule has 1 N–H and O–H groups in total. The summed E-state index contributed by atoms with van der Waals surface area (Å²) in [6, 6.07) is 4.77. The van der Waals surface area contributed by atoms with E-state index in [0.717, 1.165) is 0 Å². The van der Waals surface area contributed by atoms with Gasteiger partial charge in [-0.3, -0.25) is 0 Å². The average Bonchev–Trinajstić information content (AvgIpc) is 2.16. The third-order valence-electron chi connectivity index (χ3n) is 2.32. The molecule has 0 saturated heterocycles. The van der Waals surface area contributed by atoms with Crippen molar-refractivity contribution in [3.63, 3.8) is 0 Å². The van der Waals surface area contributed by atoms with Gasteiger partial charge in [-0.25, -0.2) is 4.39 Å². The van der Waals surface area contributed by atoms with E-state index >= 15 is 0 Å². The van der Waals surface area contributed by atoms with Crippen LogP contribution in [0.2, 0.25) is 0 Å². The molecule has 3 heteroatoms. The van der Waals surface area contributed by atoms with Crippen molar-refractivity contribution >= 4 is 5.69 Å². The van der Waals surface area contributed by atoms with E-state index in [4.69, 9.17) is 0 Å². The summed E-state index contributed by atoms with van der Waals surface area (Å²) in [6.45, 7) is 4.29. The van der Waals surface area contributed by atoms with Crippen molar-refractivity contribution in [2.24, 2.45) is 0 Å². The van der Waals surface area contributed by atoms with Gasteiger partial charge in [-0.15, -0.1) is 0 Å². The molecule has 1 unspecified atom stereocenters. The minimum Gasteiger partial charge on any atom is -0.389 e. The summed E-state index contributed by atoms with van der Waals surface area (Å²) in [5, 5.41) is 9.48. The zero-order valence-electron chi connectivity index (χ0n) is 8.79. The molecular weight excluding hydrogens is 181 g/mol. The first-order chi connectivity index (χ1) is 6.57. The molecule has 0 aliphatic carbocycles. The van der Waals surface area contributed by atoms with Crippen molar-refractivity contribution in [1.82, 2.24) is 0 Å². The summed E-state index contributed by atoms with van der Waals surface area (Å²) in [7, 11) is 1.81. The fraction of sp³-hybridized carbons (Fsp3) is 0.455. The predicted molar refractivity (Wildman–Crippen MR) is 56.0 cm³/mol. The second-order valence-corrected chi connectivity index (χ2v) is 3.37. The van der Waals surface area contributed by atoms with Crippen LogP contribution in [0.15, 0.2) is 18.2 Å². The SMILES string of the molecule is CCN(C)c1c(F)cccc1C(C)O. The molecule has 0 fully saturated rings. The van der Waals surface area contributed by atoms with Crippen LogP contribution in [0.5, 0.6) is 0 Å². The van der Waals surface area contributed by atoms with Gasteiger partial charge >= 0.3 is 0 Å². The van der Waals surface area contributed by atoms with Gasteiger partial charge in [-0.05, 0) is 19.9 Å². The van der Waals surface area contributed by atoms with Gasteiger partial charge in [-0.2, -0.15) is 0 Å². The molecule has 0 aliphatic rings. The van der Waals surface area contributed by atoms with Crippen LogP contribution in [-0.4, -0.2) is 18.7 Å². The Morgan fingerprint density at radius 2 is 2.14 bits per heavy atom. The molecule has 0 radical (unpaired) electrons. The summed E-state index contributed by atoms with van der Waals surface area (Å²) in [6.07, 6.45) is -0.644. The van der Waals surface area contributed by atoms with E-state index in [1.165, 1.54) is 6.07 Å². The third kappa shape index (κ3) is 2.04. The number of nitrogens with zero attached hydrogens (tertiary/aromatic N) is 1. The molecule has 1 atom stereocenters. The monoisotopic (exact) mass is 197 g/mol. The largest absolute Gasteiger partial charge is 0.389 e. The summed E-state index contributed by atoms with van der Waals surface area (Å²) in [5.41, 5.74) is 1.12. The first-order valence-electron chi connectivity index (χ1n) is 4.75. The Hall–Kier alpha value is -1.09. The number of hydrogen-bond donors (Lipinski definition) is 1. The Morgan fingerprint density at radius 3 is 2.64 bits per heavy atom. The highest BCUT2D eigenvalue weighted by Crippen LogP contribution is 2.28. The molecule has 0 saturated carbocycles. The van der Waals surface area contributed by atoms with E-state index in [9.17, 15) is 9.50 Å². The number of anilines is 1. The molecule has 0 aliphatic heterocycles. The standard InChI is InChI=1S/C11H16FNO/c1-4-13(3)11-9(8(2)14)6-5-7-10(11)12/h5-8,14H,4H2,1-3H3. The Morgan fingerprint density at radius 1 is 1.50 bits per heavy atom. The van der Waals surface area contributed by atoms with Gasteiger partial charge in [0.25, 0.3) is 0 Å². The first-order valence-corrected chi connectivity index (χ1v) is 4.75. The van der Waals surface area contributed by atoms with Crippen molar-refractivity contribution in [3.8, 4) is 0 Å². The summed E-state index contributed by atoms with van der Waals surface area (Å²) in [5.74, 6) is -0.284. The van der Waals surface area contributed by atoms with Crippen molar-refractivity contribution in [1.29, 1.82) is 0 Å². The number of benzene rings is 1. The van der Waals surface area contributed by atoms with Crippen LogP contribution < -0.4 is 4.90 Å². The normalized spacial score (nSPS) is 12.6. The molecular formula is C11H16FNO. The maximum atomic E-state index is 13.5. The van der Waals surface area contributed by atoms with Gasteiger partial charge < -0.3 is 10.0 Å². The fourth-order valence-corrected chi connectivity index (χ4v) is 1.43. The molecule has 0 heterocycles. The molecule has 0 spiro atoms. The van der Waals surface area contributed by atoms with Crippen LogP contribution in [0.3, 0.4) is 0 Å². The fourth-order valence-electron chi connectivity index (χ4n) is 1.43. The molecule has 2 nitrogen and oxygen atoms in total. The Labute approximate surface area is 84.0 Å². The van der Waals surface area contributed by atoms with E-state index in [2.05, 4.69) is 0 Å². The third-order valence-corrected chi connectivity index (χ3v) is 2.32. The van der Waals surface area contributed by atoms with Gasteiger partial charge in [0, 0.05) is 19.2 Å². The van der Waals surface area contributed by atoms with E-state index in [1.807, 2.05) is 14.0 Å². The lowest BCUT2D eigenvalue weighted by Gasteiger charge is -2.22. The van der Waals surface area contributed by atoms with E-state index in [1.54, 1.807) is 24.0 Å². The van der Waals surface area contributed by atoms with Crippen LogP contribution in [0.25, 0.3) is 0 Å². The second-order valence-electron chi connectivity index (χ2n) is 3.37. The first kappa shape index (κ1) is 11.0. The maximum Gasteiger partial charge on any atom is 0.146 e. The van der Waals surface area contributed by atoms with Crippen molar-refractivity contribution in [2.45, 2.75) is 20.0 Å². The zero-order chi connectivity index (χ0) is 10.7. The highest BCUT2D eigenvalue weighted by molar-refractivity contribution is 5.55. The van der Waals surface area contributed by atoms with Crippen LogP contribution >= 0.6 is 0 Å². The van der Waals surface area contributed by atoms with Crippen LogP contribution in [-0.2, 0) is 0 Å². The van der Waals surface area contributed by atoms with Crippen LogP contribution in [0, 0.1) is 5.82 Å². The van der Waals surface area contributed by atoms with Gasteiger partial charge in [0.1, 0.15) is 5.82 Å². The van der Waals surface area contributed by atoms with Gasteiger partial charge in [0.2, 0.25) is 0 Å². The van der Waals surface area contributed by atoms with Gasteiger partial charge in [0.15, 0.2) is 0 Å². The predicted octanol–water partition coefficient (Wildman–Crippen LogP) is 2.34. The van der Waals surface area contributed by atoms with Gasteiger partial charge in [-0.1, -0.05) is 12.1 Å². The molecule has 1 aromatic rings. The number of halogens is 1. The van der Waals surface area contributed by atoms with E-state index in [-0.39, 0.29) is 5.82 Å². The number of aliphatic hydroxyl groups is 1. The average molecular weight is 197 g/mol. The number of aliphatic hydroxyl groups excluding tert-OH is 1. The molecule has 1 rings (SSSR count). The number of hydrogen-bond acceptors (Lipinski definition) is 2. The second kappa shape index (κ2) is 4.42. The summed E-state index contributed by atoms with van der Waals surface area (Å²) >= 11 is 0. The zero-order valence-corrected chi connectivity index (χ0v) is 8.79. The molecule has 14 heavy (non-hydrogen) atoms. The van der Waals surface area contributed by atoms with Crippen molar-refractivity contribution in [3.05, 3.63) is 29.6 Å². The molecule has 0 amide bonds. The Bertz CT molecular complexity index is 312. The lowest BCUT2D eigenvalue weighted by atomic mass is 10.1. The molecule has 0 bridgehead atoms. The van der Waals surface area contributed by atoms with E-state index in [0.29, 0.717) is 17.8 Å². The van der Waals surface area contributed by atoms with Crippen molar-refractivity contribution < 1.29 is 9.50 Å². The van der Waals surface area contributed by atoms with Crippen LogP contribution in [0.4, 0.5) is 10.1 Å². The maximum absolute atomic E-state index is 13.5. The topological polar surface area (TPSA) is 23.5 Å². The molecule has 1 aromatic carbocycles. The minimum absolute atomic E-state index is 0.284. The molecule has 78 valence electrons. The van der Waals surface area contributed by atoms with E-state index < -0.39 is 6.10 Å². The van der Waals surface area contributed by atoms with Crippen LogP contribution in [0.1, 0.15) is 25.5 Å². The summed E-state index contributed by atoms with van der Waals surface area (Å²) in [4.78, 5) is 1.79. The number of para-hydroxylation sites is 1. The lowest BCUT2D eigenvalue weighted by molar-refractivity contribution is 0.199. The van der Waals surface area contributed by atoms with Crippen molar-refractivity contribution in [2.75, 3.05) is 18.5 Å². The molecule has 0 aromatic heterocycles. The number of rotatable bonds is 3. The quantitative estimate of drug-likeness (QED) is 0.804. The highest BCUT2D eigenvalue weighted by Gasteiger charge is 2.14. The highest BCUT2D eigenvalue weighted by atomic mass is 19.1. The minimum atomic E-state index is -0.644.